The van der Waals surface area contributed by atoms with Crippen LogP contribution in [0.3, 0.4) is 0 Å². The van der Waals surface area contributed by atoms with Crippen LogP contribution in [0, 0.1) is 0 Å². The van der Waals surface area contributed by atoms with Crippen molar-refractivity contribution in [2.75, 3.05) is 4.90 Å². The molecule has 58 heavy (non-hydrogen) atoms. The molecule has 3 heteroatoms. The lowest BCUT2D eigenvalue weighted by Gasteiger charge is -2.35. The second-order valence-corrected chi connectivity index (χ2v) is 17.3. The lowest BCUT2D eigenvalue weighted by molar-refractivity contribution is 0.768. The fourth-order valence-corrected chi connectivity index (χ4v) is 12.3. The van der Waals surface area contributed by atoms with Gasteiger partial charge in [-0.2, -0.15) is 0 Å². The van der Waals surface area contributed by atoms with Gasteiger partial charge in [-0.25, -0.2) is 0 Å². The summed E-state index contributed by atoms with van der Waals surface area (Å²) in [7, 11) is 0. The van der Waals surface area contributed by atoms with E-state index in [1.807, 2.05) is 22.7 Å². The number of nitrogens with zero attached hydrogens (tertiary/aromatic N) is 1. The fourth-order valence-electron chi connectivity index (χ4n) is 9.68. The summed E-state index contributed by atoms with van der Waals surface area (Å²) in [5.41, 5.74) is 13.1. The van der Waals surface area contributed by atoms with E-state index in [1.165, 1.54) is 84.9 Å². The summed E-state index contributed by atoms with van der Waals surface area (Å²) in [6.07, 6.45) is 0. The summed E-state index contributed by atoms with van der Waals surface area (Å²) >= 11 is 3.83. The Labute approximate surface area is 345 Å². The van der Waals surface area contributed by atoms with Gasteiger partial charge in [-0.05, 0) is 93.0 Å². The Hall–Kier alpha value is -6.78. The number of hydrogen-bond donors (Lipinski definition) is 0. The summed E-state index contributed by atoms with van der Waals surface area (Å²) in [6, 6.07) is 78.4. The second-order valence-electron chi connectivity index (χ2n) is 15.2. The first-order valence-electron chi connectivity index (χ1n) is 19.8. The van der Waals surface area contributed by atoms with Gasteiger partial charge >= 0.3 is 0 Å². The lowest BCUT2D eigenvalue weighted by Crippen LogP contribution is -2.28. The van der Waals surface area contributed by atoms with Crippen LogP contribution in [0.2, 0.25) is 0 Å². The summed E-state index contributed by atoms with van der Waals surface area (Å²) < 4.78 is 5.42. The molecule has 2 aromatic heterocycles. The molecule has 1 nitrogen and oxygen atoms in total. The highest BCUT2D eigenvalue weighted by atomic mass is 32.1. The van der Waals surface area contributed by atoms with Gasteiger partial charge in [-0.1, -0.05) is 164 Å². The minimum Gasteiger partial charge on any atom is -0.310 e. The molecule has 0 aliphatic heterocycles. The van der Waals surface area contributed by atoms with Gasteiger partial charge in [0.05, 0.1) is 5.41 Å². The van der Waals surface area contributed by atoms with E-state index in [-0.39, 0.29) is 0 Å². The van der Waals surface area contributed by atoms with E-state index in [4.69, 9.17) is 0 Å². The number of para-hydroxylation sites is 1. The normalized spacial score (nSPS) is 13.0. The van der Waals surface area contributed by atoms with Crippen LogP contribution < -0.4 is 4.90 Å². The van der Waals surface area contributed by atoms with Crippen molar-refractivity contribution in [3.8, 4) is 22.3 Å². The Morgan fingerprint density at radius 3 is 1.71 bits per heavy atom. The molecule has 1 aliphatic carbocycles. The highest BCUT2D eigenvalue weighted by Gasteiger charge is 2.46. The Morgan fingerprint density at radius 1 is 0.345 bits per heavy atom. The van der Waals surface area contributed by atoms with Crippen LogP contribution >= 0.6 is 22.7 Å². The minimum atomic E-state index is -0.472. The molecule has 1 aliphatic rings. The molecular formula is C55H35NS2. The number of thiophene rings is 2. The quantitative estimate of drug-likeness (QED) is 0.163. The van der Waals surface area contributed by atoms with E-state index < -0.39 is 5.41 Å². The van der Waals surface area contributed by atoms with E-state index in [9.17, 15) is 0 Å². The van der Waals surface area contributed by atoms with Gasteiger partial charge in [-0.15, -0.1) is 22.7 Å². The van der Waals surface area contributed by atoms with Gasteiger partial charge in [0, 0.05) is 57.4 Å². The van der Waals surface area contributed by atoms with Crippen molar-refractivity contribution in [3.63, 3.8) is 0 Å². The molecule has 0 atom stereocenters. The molecule has 0 unspecified atom stereocenters. The van der Waals surface area contributed by atoms with Crippen LogP contribution in [0.1, 0.15) is 22.3 Å². The maximum atomic E-state index is 2.45. The third-order valence-electron chi connectivity index (χ3n) is 12.2. The standard InChI is InChI=1S/C55H35NS2/c1-4-15-37(16-5-1)55(38-17-6-2-7-18-38)48-25-12-10-21-43(48)44-32-31-41(35-49(44)55)56(39-19-8-3-9-20-39)40-29-27-36(28-30-40)42-23-14-24-45-46-33-34-51-52(54(46)58-53(42)45)47-22-11-13-26-50(47)57-51/h1-35H. The zero-order chi connectivity index (χ0) is 38.2. The van der Waals surface area contributed by atoms with Crippen molar-refractivity contribution >= 4 is 80.1 Å². The van der Waals surface area contributed by atoms with Gasteiger partial charge in [0.2, 0.25) is 0 Å². The maximum Gasteiger partial charge on any atom is 0.0714 e. The Kier molecular flexibility index (Phi) is 7.56. The van der Waals surface area contributed by atoms with Crippen LogP contribution in [-0.4, -0.2) is 0 Å². The number of anilines is 3. The zero-order valence-corrected chi connectivity index (χ0v) is 33.1. The van der Waals surface area contributed by atoms with Crippen LogP contribution in [0.15, 0.2) is 212 Å². The predicted molar refractivity (Wildman–Crippen MR) is 250 cm³/mol. The van der Waals surface area contributed by atoms with Gasteiger partial charge in [0.1, 0.15) is 0 Å². The molecule has 0 saturated carbocycles. The van der Waals surface area contributed by atoms with E-state index in [0.29, 0.717) is 0 Å². The van der Waals surface area contributed by atoms with Crippen molar-refractivity contribution in [1.82, 2.24) is 0 Å². The topological polar surface area (TPSA) is 3.24 Å². The van der Waals surface area contributed by atoms with Gasteiger partial charge < -0.3 is 4.90 Å². The lowest BCUT2D eigenvalue weighted by atomic mass is 9.67. The maximum absolute atomic E-state index is 2.45. The molecule has 0 bridgehead atoms. The molecule has 0 saturated heterocycles. The molecule has 272 valence electrons. The first-order chi connectivity index (χ1) is 28.8. The summed E-state index contributed by atoms with van der Waals surface area (Å²) in [6.45, 7) is 0. The van der Waals surface area contributed by atoms with E-state index >= 15 is 0 Å². The molecular weight excluding hydrogens is 739 g/mol. The molecule has 0 N–H and O–H groups in total. The van der Waals surface area contributed by atoms with Gasteiger partial charge in [-0.3, -0.25) is 0 Å². The molecule has 0 fully saturated rings. The van der Waals surface area contributed by atoms with Crippen molar-refractivity contribution in [3.05, 3.63) is 235 Å². The molecule has 2 heterocycles. The fraction of sp³-hybridized carbons (Fsp3) is 0.0182. The molecule has 0 amide bonds. The Balaban J connectivity index is 1.02. The van der Waals surface area contributed by atoms with E-state index in [1.54, 1.807) is 0 Å². The van der Waals surface area contributed by atoms with Crippen LogP contribution in [0.5, 0.6) is 0 Å². The van der Waals surface area contributed by atoms with Gasteiger partial charge in [0.25, 0.3) is 0 Å². The van der Waals surface area contributed by atoms with E-state index in [2.05, 4.69) is 217 Å². The van der Waals surface area contributed by atoms with Crippen LogP contribution in [0.25, 0.3) is 62.6 Å². The average Bonchev–Trinajstić information content (AvgIpc) is 3.96. The molecule has 11 aromatic rings. The highest BCUT2D eigenvalue weighted by molar-refractivity contribution is 7.30. The number of fused-ring (bicyclic) bond motifs is 10. The van der Waals surface area contributed by atoms with Crippen molar-refractivity contribution in [2.45, 2.75) is 5.41 Å². The SMILES string of the molecule is c1ccc(N(c2ccc(-c3cccc4c3sc3c4ccc4sc5ccccc5c43)cc2)c2ccc3c(c2)C(c2ccccc2)(c2ccccc2)c2ccccc2-3)cc1. The molecule has 9 aromatic carbocycles. The Bertz CT molecular complexity index is 3290. The largest absolute Gasteiger partial charge is 0.310 e. The van der Waals surface area contributed by atoms with E-state index in [0.717, 1.165) is 17.1 Å². The van der Waals surface area contributed by atoms with Crippen molar-refractivity contribution in [2.24, 2.45) is 0 Å². The summed E-state index contributed by atoms with van der Waals surface area (Å²) in [5.74, 6) is 0. The van der Waals surface area contributed by atoms with Crippen LogP contribution in [0.4, 0.5) is 17.1 Å². The molecule has 0 spiro atoms. The third kappa shape index (κ3) is 4.87. The highest BCUT2D eigenvalue weighted by Crippen LogP contribution is 2.57. The number of hydrogen-bond acceptors (Lipinski definition) is 3. The van der Waals surface area contributed by atoms with Gasteiger partial charge in [0.15, 0.2) is 0 Å². The zero-order valence-electron chi connectivity index (χ0n) is 31.5. The second kappa shape index (κ2) is 13.1. The minimum absolute atomic E-state index is 0.472. The average molecular weight is 774 g/mol. The summed E-state index contributed by atoms with van der Waals surface area (Å²) in [5, 5.41) is 5.40. The predicted octanol–water partition coefficient (Wildman–Crippen LogP) is 15.9. The first-order valence-corrected chi connectivity index (χ1v) is 21.5. The number of rotatable bonds is 6. The first kappa shape index (κ1) is 33.4. The summed E-state index contributed by atoms with van der Waals surface area (Å²) in [4.78, 5) is 2.41. The Morgan fingerprint density at radius 2 is 0.931 bits per heavy atom. The molecule has 12 rings (SSSR count). The third-order valence-corrected chi connectivity index (χ3v) is 14.6. The monoisotopic (exact) mass is 773 g/mol. The van der Waals surface area contributed by atoms with Crippen molar-refractivity contribution < 1.29 is 0 Å². The van der Waals surface area contributed by atoms with Crippen molar-refractivity contribution in [1.29, 1.82) is 0 Å². The smallest absolute Gasteiger partial charge is 0.0714 e. The molecule has 0 radical (unpaired) electrons. The number of benzene rings is 9. The van der Waals surface area contributed by atoms with Crippen LogP contribution in [-0.2, 0) is 5.41 Å².